The van der Waals surface area contributed by atoms with Crippen LogP contribution in [-0.4, -0.2) is 59.1 Å². The van der Waals surface area contributed by atoms with Gasteiger partial charge in [0.15, 0.2) is 0 Å². The highest BCUT2D eigenvalue weighted by molar-refractivity contribution is 5.75. The molecule has 3 aliphatic rings. The third kappa shape index (κ3) is 4.03. The van der Waals surface area contributed by atoms with Gasteiger partial charge in [-0.25, -0.2) is 4.79 Å². The first-order valence-corrected chi connectivity index (χ1v) is 10.5. The summed E-state index contributed by atoms with van der Waals surface area (Å²) in [6.07, 6.45) is 14.3. The van der Waals surface area contributed by atoms with Gasteiger partial charge < -0.3 is 10.2 Å². The molecule has 142 valence electrons. The number of likely N-dealkylation sites (tertiary alicyclic amines) is 2. The van der Waals surface area contributed by atoms with Crippen molar-refractivity contribution < 1.29 is 4.79 Å². The highest BCUT2D eigenvalue weighted by Crippen LogP contribution is 2.30. The standard InChI is InChI=1S/C21H32N4O/c26-21(24-15-18(16-24)17-8-11-22-12-9-17)23-13-10-20-7-3-4-14-25(20)19-5-1-2-6-19/h8-9,11-12,18-20H,1-7,10,13-16H2,(H,23,26). The molecule has 0 radical (unpaired) electrons. The van der Waals surface area contributed by atoms with Crippen LogP contribution in [-0.2, 0) is 0 Å². The number of pyridine rings is 1. The molecule has 26 heavy (non-hydrogen) atoms. The van der Waals surface area contributed by atoms with E-state index >= 15 is 0 Å². The molecule has 5 nitrogen and oxygen atoms in total. The van der Waals surface area contributed by atoms with Crippen LogP contribution >= 0.6 is 0 Å². The number of carbonyl (C=O) groups excluding carboxylic acids is 1. The molecule has 1 aromatic rings. The molecule has 4 rings (SSSR count). The van der Waals surface area contributed by atoms with Gasteiger partial charge in [-0.1, -0.05) is 19.3 Å². The van der Waals surface area contributed by atoms with Crippen molar-refractivity contribution in [3.8, 4) is 0 Å². The Morgan fingerprint density at radius 2 is 1.81 bits per heavy atom. The van der Waals surface area contributed by atoms with Crippen molar-refractivity contribution >= 4 is 6.03 Å². The van der Waals surface area contributed by atoms with Crippen molar-refractivity contribution in [2.75, 3.05) is 26.2 Å². The average molecular weight is 357 g/mol. The van der Waals surface area contributed by atoms with Crippen molar-refractivity contribution in [2.45, 2.75) is 69.4 Å². The van der Waals surface area contributed by atoms with E-state index in [4.69, 9.17) is 0 Å². The molecule has 1 N–H and O–H groups in total. The molecule has 3 fully saturated rings. The minimum atomic E-state index is 0.110. The van der Waals surface area contributed by atoms with E-state index in [9.17, 15) is 4.79 Å². The first-order valence-electron chi connectivity index (χ1n) is 10.5. The average Bonchev–Trinajstić information content (AvgIpc) is 3.16. The number of carbonyl (C=O) groups is 1. The number of nitrogens with zero attached hydrogens (tertiary/aromatic N) is 3. The van der Waals surface area contributed by atoms with Crippen LogP contribution in [0.5, 0.6) is 0 Å². The molecule has 2 saturated heterocycles. The van der Waals surface area contributed by atoms with E-state index < -0.39 is 0 Å². The second-order valence-electron chi connectivity index (χ2n) is 8.23. The molecule has 0 spiro atoms. The molecule has 3 heterocycles. The molecule has 2 aliphatic heterocycles. The van der Waals surface area contributed by atoms with Gasteiger partial charge in [0.25, 0.3) is 0 Å². The van der Waals surface area contributed by atoms with Gasteiger partial charge in [-0.05, 0) is 56.3 Å². The van der Waals surface area contributed by atoms with Gasteiger partial charge >= 0.3 is 6.03 Å². The number of hydrogen-bond donors (Lipinski definition) is 1. The van der Waals surface area contributed by atoms with Crippen molar-refractivity contribution in [3.05, 3.63) is 30.1 Å². The molecular weight excluding hydrogens is 324 g/mol. The summed E-state index contributed by atoms with van der Waals surface area (Å²) in [6, 6.07) is 5.71. The van der Waals surface area contributed by atoms with Crippen LogP contribution in [0.1, 0.15) is 62.8 Å². The lowest BCUT2D eigenvalue weighted by atomic mass is 9.93. The Balaban J connectivity index is 1.19. The maximum absolute atomic E-state index is 12.4. The predicted octanol–water partition coefficient (Wildman–Crippen LogP) is 3.38. The maximum atomic E-state index is 12.4. The Kier molecular flexibility index (Phi) is 5.73. The van der Waals surface area contributed by atoms with E-state index in [2.05, 4.69) is 27.3 Å². The number of nitrogens with one attached hydrogen (secondary N) is 1. The van der Waals surface area contributed by atoms with Crippen molar-refractivity contribution in [1.82, 2.24) is 20.1 Å². The normalized spacial score (nSPS) is 25.2. The van der Waals surface area contributed by atoms with Crippen molar-refractivity contribution in [2.24, 2.45) is 0 Å². The second kappa shape index (κ2) is 8.38. The molecular formula is C21H32N4O. The van der Waals surface area contributed by atoms with Crippen LogP contribution in [0.3, 0.4) is 0 Å². The number of hydrogen-bond acceptors (Lipinski definition) is 3. The van der Waals surface area contributed by atoms with Crippen molar-refractivity contribution in [1.29, 1.82) is 0 Å². The number of amides is 2. The smallest absolute Gasteiger partial charge is 0.317 e. The topological polar surface area (TPSA) is 48.5 Å². The van der Waals surface area contributed by atoms with Gasteiger partial charge in [-0.2, -0.15) is 0 Å². The van der Waals surface area contributed by atoms with Crippen LogP contribution < -0.4 is 5.32 Å². The monoisotopic (exact) mass is 356 g/mol. The van der Waals surface area contributed by atoms with Crippen LogP contribution in [0.15, 0.2) is 24.5 Å². The van der Waals surface area contributed by atoms with Gasteiger partial charge in [-0.15, -0.1) is 0 Å². The second-order valence-corrected chi connectivity index (χ2v) is 8.23. The van der Waals surface area contributed by atoms with E-state index in [1.54, 1.807) is 0 Å². The van der Waals surface area contributed by atoms with Gasteiger partial charge in [0, 0.05) is 50.0 Å². The zero-order valence-corrected chi connectivity index (χ0v) is 15.8. The molecule has 1 unspecified atom stereocenters. The summed E-state index contributed by atoms with van der Waals surface area (Å²) in [4.78, 5) is 21.1. The van der Waals surface area contributed by atoms with E-state index in [-0.39, 0.29) is 6.03 Å². The highest BCUT2D eigenvalue weighted by Gasteiger charge is 2.33. The lowest BCUT2D eigenvalue weighted by molar-refractivity contribution is 0.0904. The molecule has 1 aliphatic carbocycles. The summed E-state index contributed by atoms with van der Waals surface area (Å²) < 4.78 is 0. The Morgan fingerprint density at radius 3 is 2.58 bits per heavy atom. The van der Waals surface area contributed by atoms with E-state index in [1.807, 2.05) is 17.3 Å². The zero-order valence-electron chi connectivity index (χ0n) is 15.8. The summed E-state index contributed by atoms with van der Waals surface area (Å²) in [5.74, 6) is 0.472. The maximum Gasteiger partial charge on any atom is 0.317 e. The quantitative estimate of drug-likeness (QED) is 0.880. The molecule has 0 aromatic carbocycles. The largest absolute Gasteiger partial charge is 0.338 e. The van der Waals surface area contributed by atoms with Crippen LogP contribution in [0.4, 0.5) is 4.79 Å². The minimum Gasteiger partial charge on any atom is -0.338 e. The molecule has 0 bridgehead atoms. The number of piperidine rings is 1. The summed E-state index contributed by atoms with van der Waals surface area (Å²) in [5.41, 5.74) is 1.29. The first-order chi connectivity index (χ1) is 12.8. The Bertz CT molecular complexity index is 581. The SMILES string of the molecule is O=C(NCCC1CCCCN1C1CCCC1)N1CC(c2ccncc2)C1. The van der Waals surface area contributed by atoms with Crippen LogP contribution in [0.2, 0.25) is 0 Å². The van der Waals surface area contributed by atoms with Crippen LogP contribution in [0.25, 0.3) is 0 Å². The third-order valence-corrected chi connectivity index (χ3v) is 6.57. The van der Waals surface area contributed by atoms with Crippen molar-refractivity contribution in [3.63, 3.8) is 0 Å². The van der Waals surface area contributed by atoms with Gasteiger partial charge in [0.05, 0.1) is 0 Å². The predicted molar refractivity (Wildman–Crippen MR) is 103 cm³/mol. The van der Waals surface area contributed by atoms with Gasteiger partial charge in [-0.3, -0.25) is 9.88 Å². The van der Waals surface area contributed by atoms with Gasteiger partial charge in [0.1, 0.15) is 0 Å². The molecule has 1 atom stereocenters. The van der Waals surface area contributed by atoms with E-state index in [0.717, 1.165) is 32.1 Å². The Hall–Kier alpha value is -1.62. The summed E-state index contributed by atoms with van der Waals surface area (Å²) >= 11 is 0. The third-order valence-electron chi connectivity index (χ3n) is 6.57. The number of aromatic nitrogens is 1. The molecule has 1 saturated carbocycles. The zero-order chi connectivity index (χ0) is 17.8. The molecule has 1 aromatic heterocycles. The molecule has 5 heteroatoms. The Labute approximate surface area is 157 Å². The van der Waals surface area contributed by atoms with Crippen LogP contribution in [0, 0.1) is 0 Å². The highest BCUT2D eigenvalue weighted by atomic mass is 16.2. The van der Waals surface area contributed by atoms with Gasteiger partial charge in [0.2, 0.25) is 0 Å². The molecule has 2 amide bonds. The summed E-state index contributed by atoms with van der Waals surface area (Å²) in [5, 5.41) is 3.16. The Morgan fingerprint density at radius 1 is 1.08 bits per heavy atom. The lowest BCUT2D eigenvalue weighted by Gasteiger charge is -2.41. The summed E-state index contributed by atoms with van der Waals surface area (Å²) in [6.45, 7) is 3.73. The first kappa shape index (κ1) is 17.8. The van der Waals surface area contributed by atoms with E-state index in [0.29, 0.717) is 12.0 Å². The fourth-order valence-corrected chi connectivity index (χ4v) is 5.00. The minimum absolute atomic E-state index is 0.110. The van der Waals surface area contributed by atoms with E-state index in [1.165, 1.54) is 57.1 Å². The lowest BCUT2D eigenvalue weighted by Crippen LogP contribution is -2.53. The number of urea groups is 1. The fourth-order valence-electron chi connectivity index (χ4n) is 5.00. The summed E-state index contributed by atoms with van der Waals surface area (Å²) in [7, 11) is 0. The fraction of sp³-hybridized carbons (Fsp3) is 0.714. The number of rotatable bonds is 5.